The number of Topliss-reactive ketones (excluding diaryl/α,β-unsaturated/α-hetero) is 2. The number of hydrogen-bond acceptors (Lipinski definition) is 9. The van der Waals surface area contributed by atoms with Crippen LogP contribution in [0.3, 0.4) is 0 Å². The predicted molar refractivity (Wildman–Crippen MR) is 229 cm³/mol. The molecule has 2 fully saturated rings. The van der Waals surface area contributed by atoms with Crippen LogP contribution in [0.15, 0.2) is 82.0 Å². The molecule has 2 heterocycles. The van der Waals surface area contributed by atoms with Crippen molar-refractivity contribution in [3.05, 3.63) is 89.0 Å². The second-order valence-corrected chi connectivity index (χ2v) is 17.8. The molecule has 6 rings (SSSR count). The molecule has 0 radical (unpaired) electrons. The smallest absolute Gasteiger partial charge is 0.407 e. The van der Waals surface area contributed by atoms with Gasteiger partial charge in [0.05, 0.1) is 6.54 Å². The van der Waals surface area contributed by atoms with Crippen molar-refractivity contribution in [1.29, 1.82) is 0 Å². The van der Waals surface area contributed by atoms with Crippen LogP contribution < -0.4 is 10.6 Å². The first-order valence-corrected chi connectivity index (χ1v) is 21.3. The van der Waals surface area contributed by atoms with Crippen molar-refractivity contribution >= 4 is 35.1 Å². The third kappa shape index (κ3) is 13.6. The highest BCUT2D eigenvalue weighted by Gasteiger charge is 2.34. The Hall–Kier alpha value is -5.24. The summed E-state index contributed by atoms with van der Waals surface area (Å²) in [6, 6.07) is 20.8. The third-order valence-electron chi connectivity index (χ3n) is 11.8. The molecule has 1 saturated heterocycles. The van der Waals surface area contributed by atoms with Crippen molar-refractivity contribution in [2.24, 2.45) is 38.9 Å². The molecule has 0 aromatic heterocycles. The minimum atomic E-state index is -4.22. The SMILES string of the molecule is Cc1cc(C(=O)CC2CCN(CC(F)(F)F)CC2)ccc1-c1ccc(C[C@H](CC(=O)C2CCC(CNC(=O)OC(C)(C)C)CC2)C(=O)Nc2ccc(C3=NCN=N3)cc2)cc1. The molecule has 0 spiro atoms. The maximum atomic E-state index is 13.9. The first kappa shape index (κ1) is 45.3. The van der Waals surface area contributed by atoms with E-state index in [1.54, 1.807) is 12.1 Å². The summed E-state index contributed by atoms with van der Waals surface area (Å²) in [7, 11) is 0. The van der Waals surface area contributed by atoms with Crippen LogP contribution >= 0.6 is 0 Å². The number of carbonyl (C=O) groups excluding carboxylic acids is 4. The lowest BCUT2D eigenvalue weighted by Crippen LogP contribution is -2.40. The Kier molecular flexibility index (Phi) is 14.9. The number of carbonyl (C=O) groups is 4. The predicted octanol–water partition coefficient (Wildman–Crippen LogP) is 9.77. The van der Waals surface area contributed by atoms with Gasteiger partial charge in [0.2, 0.25) is 5.91 Å². The number of ketones is 2. The van der Waals surface area contributed by atoms with E-state index >= 15 is 0 Å². The molecule has 14 heteroatoms. The Balaban J connectivity index is 1.08. The van der Waals surface area contributed by atoms with Crippen LogP contribution in [-0.2, 0) is 20.7 Å². The number of rotatable bonds is 15. The Morgan fingerprint density at radius 2 is 1.52 bits per heavy atom. The number of alkyl carbamates (subject to hydrolysis) is 1. The Labute approximate surface area is 356 Å². The van der Waals surface area contributed by atoms with Gasteiger partial charge in [-0.1, -0.05) is 36.4 Å². The summed E-state index contributed by atoms with van der Waals surface area (Å²) in [5, 5.41) is 13.8. The molecule has 61 heavy (non-hydrogen) atoms. The molecule has 2 N–H and O–H groups in total. The summed E-state index contributed by atoms with van der Waals surface area (Å²) in [6.45, 7) is 7.97. The molecule has 3 aromatic carbocycles. The lowest BCUT2D eigenvalue weighted by Gasteiger charge is -2.32. The van der Waals surface area contributed by atoms with Crippen molar-refractivity contribution in [3.8, 4) is 11.1 Å². The lowest BCUT2D eigenvalue weighted by atomic mass is 9.77. The highest BCUT2D eigenvalue weighted by molar-refractivity contribution is 6.01. The summed E-state index contributed by atoms with van der Waals surface area (Å²) >= 11 is 0. The number of alkyl halides is 3. The van der Waals surface area contributed by atoms with Crippen LogP contribution in [0.2, 0.25) is 0 Å². The maximum absolute atomic E-state index is 13.9. The highest BCUT2D eigenvalue weighted by atomic mass is 19.4. The molecule has 0 unspecified atom stereocenters. The van der Waals surface area contributed by atoms with Gasteiger partial charge in [0, 0.05) is 48.0 Å². The number of halogens is 3. The fraction of sp³-hybridized carbons (Fsp3) is 0.511. The number of anilines is 1. The van der Waals surface area contributed by atoms with Crippen molar-refractivity contribution in [3.63, 3.8) is 0 Å². The Bertz CT molecular complexity index is 2080. The van der Waals surface area contributed by atoms with E-state index in [4.69, 9.17) is 4.74 Å². The number of aryl methyl sites for hydroxylation is 1. The topological polar surface area (TPSA) is 142 Å². The van der Waals surface area contributed by atoms with Gasteiger partial charge in [-0.15, -0.1) is 5.11 Å². The van der Waals surface area contributed by atoms with E-state index in [0.29, 0.717) is 81.9 Å². The number of aliphatic imine (C=N–C) groups is 1. The zero-order valence-corrected chi connectivity index (χ0v) is 35.5. The number of nitrogens with one attached hydrogen (secondary N) is 2. The lowest BCUT2D eigenvalue weighted by molar-refractivity contribution is -0.148. The van der Waals surface area contributed by atoms with Gasteiger partial charge < -0.3 is 15.4 Å². The van der Waals surface area contributed by atoms with Gasteiger partial charge >= 0.3 is 12.3 Å². The van der Waals surface area contributed by atoms with Crippen LogP contribution in [0.1, 0.15) is 99.2 Å². The third-order valence-corrected chi connectivity index (χ3v) is 11.8. The van der Waals surface area contributed by atoms with E-state index in [1.807, 2.05) is 82.3 Å². The molecule has 0 bridgehead atoms. The molecule has 3 aliphatic rings. The number of ether oxygens (including phenoxy) is 1. The van der Waals surface area contributed by atoms with Gasteiger partial charge in [-0.2, -0.15) is 18.3 Å². The average Bonchev–Trinajstić information content (AvgIpc) is 3.76. The molecule has 326 valence electrons. The standard InChI is InChI=1S/C47H57F3N6O5/c1-30-23-37(41(57)25-32-19-21-56(22-20-32)28-47(48,49)50)15-18-40(30)34-9-5-31(6-10-34)24-38(44(59)54-39-16-13-36(14-17-39)43-52-29-53-55-43)26-42(58)35-11-7-33(8-12-35)27-51-45(60)61-46(2,3)4/h5-6,9-10,13-18,23,32-33,35,38H,7-8,11-12,19-22,24-29H2,1-4H3,(H,51,60)(H,54,59)/t33?,35?,38-/m1/s1. The number of amides is 2. The number of hydrogen-bond donors (Lipinski definition) is 2. The zero-order chi connectivity index (χ0) is 43.7. The normalized spacial score (nSPS) is 19.2. The van der Waals surface area contributed by atoms with E-state index in [2.05, 4.69) is 25.9 Å². The van der Waals surface area contributed by atoms with Crippen LogP contribution in [0.25, 0.3) is 11.1 Å². The molecule has 3 aromatic rings. The molecule has 11 nitrogen and oxygen atoms in total. The quantitative estimate of drug-likeness (QED) is 0.146. The van der Waals surface area contributed by atoms with Crippen LogP contribution in [0.4, 0.5) is 23.7 Å². The molecule has 1 atom stereocenters. The van der Waals surface area contributed by atoms with Gasteiger partial charge in [-0.25, -0.2) is 9.79 Å². The summed E-state index contributed by atoms with van der Waals surface area (Å²) in [5.74, 6) is -0.127. The van der Waals surface area contributed by atoms with E-state index < -0.39 is 30.3 Å². The van der Waals surface area contributed by atoms with Gasteiger partial charge in [0.15, 0.2) is 18.3 Å². The van der Waals surface area contributed by atoms with E-state index in [1.165, 1.54) is 4.90 Å². The van der Waals surface area contributed by atoms with Gasteiger partial charge in [0.25, 0.3) is 0 Å². The second-order valence-electron chi connectivity index (χ2n) is 17.8. The number of piperidine rings is 1. The molecule has 2 amide bonds. The van der Waals surface area contributed by atoms with E-state index in [-0.39, 0.29) is 41.6 Å². The second kappa shape index (κ2) is 20.1. The number of nitrogens with zero attached hydrogens (tertiary/aromatic N) is 4. The van der Waals surface area contributed by atoms with Crippen molar-refractivity contribution in [2.45, 2.75) is 97.3 Å². The summed E-state index contributed by atoms with van der Waals surface area (Å²) < 4.78 is 43.8. The van der Waals surface area contributed by atoms with Crippen LogP contribution in [0.5, 0.6) is 0 Å². The minimum Gasteiger partial charge on any atom is -0.444 e. The largest absolute Gasteiger partial charge is 0.444 e. The minimum absolute atomic E-state index is 0.00740. The molecular weight excluding hydrogens is 786 g/mol. The summed E-state index contributed by atoms with van der Waals surface area (Å²) in [4.78, 5) is 58.8. The van der Waals surface area contributed by atoms with Gasteiger partial charge in [-0.05, 0) is 150 Å². The Morgan fingerprint density at radius 1 is 0.852 bits per heavy atom. The summed E-state index contributed by atoms with van der Waals surface area (Å²) in [5.41, 5.74) is 5.13. The number of amidine groups is 1. The van der Waals surface area contributed by atoms with Crippen molar-refractivity contribution in [1.82, 2.24) is 10.2 Å². The molecule has 1 saturated carbocycles. The van der Waals surface area contributed by atoms with Crippen LogP contribution in [0, 0.1) is 30.6 Å². The average molecular weight is 843 g/mol. The fourth-order valence-electron chi connectivity index (χ4n) is 8.47. The van der Waals surface area contributed by atoms with Gasteiger partial charge in [0.1, 0.15) is 11.4 Å². The van der Waals surface area contributed by atoms with Crippen LogP contribution in [-0.4, -0.2) is 78.9 Å². The number of azo groups is 1. The molecule has 1 aliphatic carbocycles. The fourth-order valence-corrected chi connectivity index (χ4v) is 8.47. The zero-order valence-electron chi connectivity index (χ0n) is 35.5. The van der Waals surface area contributed by atoms with E-state index in [9.17, 15) is 32.3 Å². The van der Waals surface area contributed by atoms with E-state index in [0.717, 1.165) is 40.7 Å². The monoisotopic (exact) mass is 842 g/mol. The first-order chi connectivity index (χ1) is 29.0. The molecular formula is C47H57F3N6O5. The highest BCUT2D eigenvalue weighted by Crippen LogP contribution is 2.33. The Morgan fingerprint density at radius 3 is 2.13 bits per heavy atom. The van der Waals surface area contributed by atoms with Gasteiger partial charge in [-0.3, -0.25) is 19.3 Å². The first-order valence-electron chi connectivity index (χ1n) is 21.3. The number of likely N-dealkylation sites (tertiary alicyclic amines) is 1. The maximum Gasteiger partial charge on any atom is 0.407 e. The molecule has 2 aliphatic heterocycles. The summed E-state index contributed by atoms with van der Waals surface area (Å²) in [6.07, 6.45) is 0.204. The number of benzene rings is 3. The van der Waals surface area contributed by atoms with Crippen molar-refractivity contribution in [2.75, 3.05) is 38.2 Å². The van der Waals surface area contributed by atoms with Crippen molar-refractivity contribution < 1.29 is 37.1 Å².